The lowest BCUT2D eigenvalue weighted by molar-refractivity contribution is -0.383. The van der Waals surface area contributed by atoms with E-state index in [0.29, 0.717) is 19.4 Å². The molecule has 1 aromatic rings. The Hall–Kier alpha value is -3.11. The van der Waals surface area contributed by atoms with Crippen molar-refractivity contribution in [3.8, 4) is 0 Å². The maximum Gasteiger partial charge on any atom is 0.407 e. The van der Waals surface area contributed by atoms with Crippen LogP contribution in [0.3, 0.4) is 0 Å². The summed E-state index contributed by atoms with van der Waals surface area (Å²) in [6.45, 7) is 6.04. The highest BCUT2D eigenvalue weighted by Crippen LogP contribution is 2.36. The molecule has 0 aromatic carbocycles. The summed E-state index contributed by atoms with van der Waals surface area (Å²) in [6, 6.07) is 0.902. The van der Waals surface area contributed by atoms with Gasteiger partial charge >= 0.3 is 17.7 Å². The lowest BCUT2D eigenvalue weighted by atomic mass is 10.0. The zero-order valence-corrected chi connectivity index (χ0v) is 16.3. The fourth-order valence-electron chi connectivity index (χ4n) is 3.02. The van der Waals surface area contributed by atoms with Gasteiger partial charge in [-0.3, -0.25) is 10.1 Å². The zero-order chi connectivity index (χ0) is 21.1. The lowest BCUT2D eigenvalue weighted by Crippen LogP contribution is -2.49. The standard InChI is InChI=1S/C17H25N5O6/c1-17(2,3)28-16(25)19-10-6-5-7-21(9-10)12-8-11(15(23)24)20-14(18-4)13(12)22(26)27/h8,10H,5-7,9H2,1-4H3,(H,18,20)(H,19,25)(H,23,24)/t10-/m1/s1. The second-order valence-corrected chi connectivity index (χ2v) is 7.47. The summed E-state index contributed by atoms with van der Waals surface area (Å²) >= 11 is 0. The number of carboxylic acid groups (broad SMARTS) is 1. The Morgan fingerprint density at radius 3 is 2.64 bits per heavy atom. The van der Waals surface area contributed by atoms with Gasteiger partial charge in [0.2, 0.25) is 5.82 Å². The van der Waals surface area contributed by atoms with E-state index in [1.54, 1.807) is 25.7 Å². The highest BCUT2D eigenvalue weighted by atomic mass is 16.6. The molecule has 1 fully saturated rings. The van der Waals surface area contributed by atoms with E-state index in [0.717, 1.165) is 0 Å². The van der Waals surface area contributed by atoms with Crippen molar-refractivity contribution in [3.05, 3.63) is 21.9 Å². The Morgan fingerprint density at radius 2 is 2.11 bits per heavy atom. The third-order valence-corrected chi connectivity index (χ3v) is 4.09. The molecule has 1 amide bonds. The van der Waals surface area contributed by atoms with Crippen LogP contribution in [0.2, 0.25) is 0 Å². The number of ether oxygens (including phenoxy) is 1. The van der Waals surface area contributed by atoms with Crippen molar-refractivity contribution in [1.29, 1.82) is 0 Å². The van der Waals surface area contributed by atoms with E-state index < -0.39 is 22.6 Å². The molecule has 1 atom stereocenters. The van der Waals surface area contributed by atoms with Crippen LogP contribution in [0.25, 0.3) is 0 Å². The number of carbonyl (C=O) groups excluding carboxylic acids is 1. The third kappa shape index (κ3) is 5.21. The number of pyridine rings is 1. The van der Waals surface area contributed by atoms with Gasteiger partial charge in [0, 0.05) is 32.2 Å². The van der Waals surface area contributed by atoms with Gasteiger partial charge in [0.25, 0.3) is 0 Å². The lowest BCUT2D eigenvalue weighted by Gasteiger charge is -2.35. The second-order valence-electron chi connectivity index (χ2n) is 7.47. The monoisotopic (exact) mass is 395 g/mol. The number of aromatic carboxylic acids is 1. The molecule has 0 spiro atoms. The molecule has 0 aliphatic carbocycles. The van der Waals surface area contributed by atoms with Crippen LogP contribution in [0.15, 0.2) is 6.07 Å². The van der Waals surface area contributed by atoms with Gasteiger partial charge < -0.3 is 25.4 Å². The van der Waals surface area contributed by atoms with E-state index in [1.165, 1.54) is 13.1 Å². The maximum atomic E-state index is 12.0. The molecule has 2 rings (SSSR count). The molecular weight excluding hydrogens is 370 g/mol. The van der Waals surface area contributed by atoms with Gasteiger partial charge in [0.1, 0.15) is 11.3 Å². The maximum absolute atomic E-state index is 12.0. The summed E-state index contributed by atoms with van der Waals surface area (Å²) < 4.78 is 5.26. The average molecular weight is 395 g/mol. The van der Waals surface area contributed by atoms with Gasteiger partial charge in [-0.15, -0.1) is 0 Å². The zero-order valence-electron chi connectivity index (χ0n) is 16.3. The Morgan fingerprint density at radius 1 is 1.43 bits per heavy atom. The van der Waals surface area contributed by atoms with Gasteiger partial charge in [-0.25, -0.2) is 14.6 Å². The van der Waals surface area contributed by atoms with Crippen molar-refractivity contribution in [2.24, 2.45) is 0 Å². The van der Waals surface area contributed by atoms with Gasteiger partial charge in [-0.2, -0.15) is 0 Å². The first-order valence-corrected chi connectivity index (χ1v) is 8.86. The molecule has 28 heavy (non-hydrogen) atoms. The number of hydrogen-bond acceptors (Lipinski definition) is 8. The van der Waals surface area contributed by atoms with E-state index in [4.69, 9.17) is 4.74 Å². The molecule has 0 bridgehead atoms. The molecule has 3 N–H and O–H groups in total. The Balaban J connectivity index is 2.30. The van der Waals surface area contributed by atoms with Gasteiger partial charge in [-0.1, -0.05) is 0 Å². The smallest absolute Gasteiger partial charge is 0.407 e. The topological polar surface area (TPSA) is 147 Å². The predicted molar refractivity (Wildman–Crippen MR) is 102 cm³/mol. The highest BCUT2D eigenvalue weighted by molar-refractivity contribution is 5.90. The van der Waals surface area contributed by atoms with E-state index in [2.05, 4.69) is 15.6 Å². The van der Waals surface area contributed by atoms with E-state index >= 15 is 0 Å². The molecule has 11 heteroatoms. The molecular formula is C17H25N5O6. The minimum Gasteiger partial charge on any atom is -0.477 e. The Labute approximate surface area is 162 Å². The number of carboxylic acids is 1. The minimum atomic E-state index is -1.28. The Kier molecular flexibility index (Phi) is 6.26. The van der Waals surface area contributed by atoms with Gasteiger partial charge in [0.15, 0.2) is 5.69 Å². The first-order chi connectivity index (χ1) is 13.0. The van der Waals surface area contributed by atoms with Crippen LogP contribution in [-0.2, 0) is 4.74 Å². The van der Waals surface area contributed by atoms with Crippen molar-refractivity contribution in [2.45, 2.75) is 45.3 Å². The number of nitro groups is 1. The number of hydrogen-bond donors (Lipinski definition) is 3. The number of rotatable bonds is 5. The normalized spacial score (nSPS) is 17.0. The number of anilines is 2. The first-order valence-electron chi connectivity index (χ1n) is 8.86. The number of nitrogens with one attached hydrogen (secondary N) is 2. The quantitative estimate of drug-likeness (QED) is 0.504. The molecule has 0 saturated carbocycles. The number of carbonyl (C=O) groups is 2. The summed E-state index contributed by atoms with van der Waals surface area (Å²) in [5.41, 5.74) is -1.09. The van der Waals surface area contributed by atoms with E-state index in [9.17, 15) is 24.8 Å². The number of amides is 1. The van der Waals surface area contributed by atoms with Crippen molar-refractivity contribution >= 4 is 29.3 Å². The molecule has 1 saturated heterocycles. The molecule has 1 aliphatic heterocycles. The molecule has 1 aromatic heterocycles. The summed E-state index contributed by atoms with van der Waals surface area (Å²) in [6.07, 6.45) is 0.780. The Bertz CT molecular complexity index is 776. The number of alkyl carbamates (subject to hydrolysis) is 1. The highest BCUT2D eigenvalue weighted by Gasteiger charge is 2.31. The fraction of sp³-hybridized carbons (Fsp3) is 0.588. The largest absolute Gasteiger partial charge is 0.477 e. The summed E-state index contributed by atoms with van der Waals surface area (Å²) in [4.78, 5) is 39.9. The summed E-state index contributed by atoms with van der Waals surface area (Å²) in [5, 5.41) is 26.2. The molecule has 0 radical (unpaired) electrons. The van der Waals surface area contributed by atoms with Gasteiger partial charge in [0.05, 0.1) is 4.92 Å². The van der Waals surface area contributed by atoms with E-state index in [1.807, 2.05) is 0 Å². The van der Waals surface area contributed by atoms with Crippen molar-refractivity contribution in [1.82, 2.24) is 10.3 Å². The SMILES string of the molecule is CNc1nc(C(=O)O)cc(N2CCC[C@@H](NC(=O)OC(C)(C)C)C2)c1[N+](=O)[O-]. The fourth-order valence-corrected chi connectivity index (χ4v) is 3.02. The van der Waals surface area contributed by atoms with E-state index in [-0.39, 0.29) is 35.5 Å². The molecule has 2 heterocycles. The number of aromatic nitrogens is 1. The van der Waals surface area contributed by atoms with Crippen LogP contribution < -0.4 is 15.5 Å². The molecule has 1 aliphatic rings. The van der Waals surface area contributed by atoms with Crippen molar-refractivity contribution in [2.75, 3.05) is 30.4 Å². The number of nitrogens with zero attached hydrogens (tertiary/aromatic N) is 3. The average Bonchev–Trinajstić information content (AvgIpc) is 2.58. The van der Waals surface area contributed by atoms with Crippen molar-refractivity contribution < 1.29 is 24.4 Å². The van der Waals surface area contributed by atoms with Crippen LogP contribution in [0.5, 0.6) is 0 Å². The molecule has 154 valence electrons. The molecule has 0 unspecified atom stereocenters. The second kappa shape index (κ2) is 8.28. The van der Waals surface area contributed by atoms with Crippen LogP contribution in [0.4, 0.5) is 22.0 Å². The van der Waals surface area contributed by atoms with Crippen LogP contribution in [0.1, 0.15) is 44.1 Å². The first kappa shape index (κ1) is 21.2. The summed E-state index contributed by atoms with van der Waals surface area (Å²) in [5.74, 6) is -1.41. The van der Waals surface area contributed by atoms with Crippen LogP contribution >= 0.6 is 0 Å². The predicted octanol–water partition coefficient (Wildman–Crippen LogP) is 2.22. The minimum absolute atomic E-state index is 0.123. The van der Waals surface area contributed by atoms with Crippen LogP contribution in [-0.4, -0.2) is 58.9 Å². The summed E-state index contributed by atoms with van der Waals surface area (Å²) in [7, 11) is 1.44. The van der Waals surface area contributed by atoms with Gasteiger partial charge in [-0.05, 0) is 33.6 Å². The van der Waals surface area contributed by atoms with Crippen molar-refractivity contribution in [3.63, 3.8) is 0 Å². The number of piperidine rings is 1. The third-order valence-electron chi connectivity index (χ3n) is 4.09. The molecule has 11 nitrogen and oxygen atoms in total. The van der Waals surface area contributed by atoms with Crippen LogP contribution in [0, 0.1) is 10.1 Å².